The van der Waals surface area contributed by atoms with Crippen molar-refractivity contribution in [2.24, 2.45) is 10.8 Å². The number of amides is 2. The van der Waals surface area contributed by atoms with Gasteiger partial charge in [0.05, 0.1) is 32.1 Å². The van der Waals surface area contributed by atoms with Gasteiger partial charge in [-0.3, -0.25) is 9.59 Å². The number of hydrogen-bond acceptors (Lipinski definition) is 7. The van der Waals surface area contributed by atoms with Crippen LogP contribution in [-0.2, 0) is 35.8 Å². The highest BCUT2D eigenvalue weighted by atomic mass is 32.2. The van der Waals surface area contributed by atoms with Crippen LogP contribution in [0.3, 0.4) is 0 Å². The van der Waals surface area contributed by atoms with Crippen molar-refractivity contribution in [3.63, 3.8) is 0 Å². The minimum absolute atomic E-state index is 0.00695. The number of nitrogens with one attached hydrogen (secondary N) is 1. The van der Waals surface area contributed by atoms with Gasteiger partial charge < -0.3 is 28.9 Å². The van der Waals surface area contributed by atoms with E-state index in [0.717, 1.165) is 77.2 Å². The van der Waals surface area contributed by atoms with E-state index in [2.05, 4.69) is 28.4 Å². The van der Waals surface area contributed by atoms with Crippen LogP contribution in [-0.4, -0.2) is 104 Å². The number of carbonyl (C=O) groups excluding carboxylic acids is 2. The number of nitrogens with zero attached hydrogens (tertiary/aromatic N) is 4. The lowest BCUT2D eigenvalue weighted by Crippen LogP contribution is -2.57. The van der Waals surface area contributed by atoms with Crippen LogP contribution in [0.25, 0.3) is 16.5 Å². The smallest absolute Gasteiger partial charge is 0.281 e. The predicted octanol–water partition coefficient (Wildman–Crippen LogP) is 4.58. The topological polar surface area (TPSA) is 134 Å². The van der Waals surface area contributed by atoms with Crippen molar-refractivity contribution < 1.29 is 32.6 Å². The highest BCUT2D eigenvalue weighted by Gasteiger charge is 2.67. The molecule has 0 bridgehead atoms. The van der Waals surface area contributed by atoms with Crippen LogP contribution in [0.1, 0.15) is 94.2 Å². The Labute approximate surface area is 312 Å². The fraction of sp³-hybridized carbons (Fsp3) is 0.600. The van der Waals surface area contributed by atoms with E-state index in [1.165, 1.54) is 31.7 Å². The molecule has 8 rings (SSSR count). The highest BCUT2D eigenvalue weighted by Crippen LogP contribution is 2.59. The fourth-order valence-electron chi connectivity index (χ4n) is 10.4. The van der Waals surface area contributed by atoms with Gasteiger partial charge in [0.2, 0.25) is 5.91 Å². The summed E-state index contributed by atoms with van der Waals surface area (Å²) in [7, 11) is 0.624. The number of likely N-dealkylation sites (tertiary alicyclic amines) is 2. The normalized spacial score (nSPS) is 28.2. The van der Waals surface area contributed by atoms with Crippen LogP contribution in [0, 0.1) is 10.8 Å². The first-order valence-electron chi connectivity index (χ1n) is 19.2. The molecule has 1 aromatic carbocycles. The van der Waals surface area contributed by atoms with E-state index in [-0.39, 0.29) is 28.7 Å². The molecule has 3 saturated heterocycles. The van der Waals surface area contributed by atoms with Crippen LogP contribution in [0.2, 0.25) is 0 Å². The van der Waals surface area contributed by atoms with Crippen molar-refractivity contribution in [3.8, 4) is 0 Å². The molecule has 2 aromatic rings. The standard InChI is InChI=1S/C40H53N5O7S/c1-25-40-15-16-43(21-39(40,24-52-25)22-44(23-40)26(2)46)38(48)30-17-29-18-31(51-5)12-14-32(29)36-35(27-9-7-6-8-10-27)33-13-11-28(19-34(33)45(36)20-30)37(47)41-53(49,50)42(3)4/h11,13,17-19,25,27,37,41,47H,6-10,12,14-16,20-24H2,1-5H3. The molecule has 4 fully saturated rings. The van der Waals surface area contributed by atoms with E-state index in [1.807, 2.05) is 28.0 Å². The van der Waals surface area contributed by atoms with Gasteiger partial charge in [0.15, 0.2) is 0 Å². The number of aliphatic hydroxyl groups excluding tert-OH is 1. The van der Waals surface area contributed by atoms with Gasteiger partial charge >= 0.3 is 0 Å². The van der Waals surface area contributed by atoms with Gasteiger partial charge in [0.1, 0.15) is 6.23 Å². The lowest BCUT2D eigenvalue weighted by atomic mass is 9.61. The maximum atomic E-state index is 15.0. The summed E-state index contributed by atoms with van der Waals surface area (Å²) in [6.45, 7) is 6.95. The molecule has 286 valence electrons. The number of aromatic nitrogens is 1. The zero-order chi connectivity index (χ0) is 37.4. The number of carbonyl (C=O) groups is 2. The lowest BCUT2D eigenvalue weighted by molar-refractivity contribution is -0.133. The third-order valence-electron chi connectivity index (χ3n) is 13.4. The van der Waals surface area contributed by atoms with E-state index >= 15 is 0 Å². The minimum Gasteiger partial charge on any atom is -0.501 e. The molecule has 1 aromatic heterocycles. The number of aliphatic hydroxyl groups is 1. The third-order valence-corrected chi connectivity index (χ3v) is 14.9. The quantitative estimate of drug-likeness (QED) is 0.397. The van der Waals surface area contributed by atoms with Gasteiger partial charge in [-0.2, -0.15) is 17.4 Å². The molecule has 0 spiro atoms. The van der Waals surface area contributed by atoms with Crippen LogP contribution in [0.5, 0.6) is 0 Å². The van der Waals surface area contributed by atoms with Gasteiger partial charge in [0.25, 0.3) is 16.1 Å². The van der Waals surface area contributed by atoms with Crippen molar-refractivity contribution in [1.82, 2.24) is 23.4 Å². The second kappa shape index (κ2) is 13.4. The highest BCUT2D eigenvalue weighted by molar-refractivity contribution is 7.87. The molecular weight excluding hydrogens is 695 g/mol. The van der Waals surface area contributed by atoms with Crippen LogP contribution in [0.15, 0.2) is 47.3 Å². The first-order valence-corrected chi connectivity index (χ1v) is 20.6. The Hall–Kier alpha value is -3.49. The van der Waals surface area contributed by atoms with Crippen LogP contribution < -0.4 is 4.72 Å². The maximum absolute atomic E-state index is 15.0. The summed E-state index contributed by atoms with van der Waals surface area (Å²) in [5.74, 6) is 1.26. The number of fused-ring (bicyclic) bond motifs is 4. The monoisotopic (exact) mass is 747 g/mol. The SMILES string of the molecule is COC1=CC2=C(CC1)c1c(C3CCCCC3)c3ccc(C(O)NS(=O)(=O)N(C)C)cc3n1CC(C(=O)N1CCC34CN(C(C)=O)CC3(COC4C)C1)=C2. The fourth-order valence-corrected chi connectivity index (χ4v) is 11.1. The molecule has 2 amide bonds. The second-order valence-corrected chi connectivity index (χ2v) is 18.3. The van der Waals surface area contributed by atoms with E-state index in [1.54, 1.807) is 14.0 Å². The number of methoxy groups -OCH3 is 1. The Morgan fingerprint density at radius 2 is 1.83 bits per heavy atom. The van der Waals surface area contributed by atoms with Gasteiger partial charge in [0, 0.05) is 86.6 Å². The summed E-state index contributed by atoms with van der Waals surface area (Å²) in [5, 5.41) is 12.3. The number of benzene rings is 1. The van der Waals surface area contributed by atoms with Gasteiger partial charge in [-0.1, -0.05) is 31.4 Å². The molecular formula is C40H53N5O7S. The number of hydrogen-bond donors (Lipinski definition) is 2. The third kappa shape index (κ3) is 5.89. The van der Waals surface area contributed by atoms with Crippen molar-refractivity contribution >= 4 is 38.5 Å². The maximum Gasteiger partial charge on any atom is 0.281 e. The molecule has 2 aliphatic carbocycles. The molecule has 5 heterocycles. The van der Waals surface area contributed by atoms with Crippen LogP contribution >= 0.6 is 0 Å². The molecule has 4 atom stereocenters. The summed E-state index contributed by atoms with van der Waals surface area (Å²) in [4.78, 5) is 31.5. The molecule has 0 radical (unpaired) electrons. The summed E-state index contributed by atoms with van der Waals surface area (Å²) < 4.78 is 43.2. The predicted molar refractivity (Wildman–Crippen MR) is 202 cm³/mol. The molecule has 53 heavy (non-hydrogen) atoms. The molecule has 12 nitrogen and oxygen atoms in total. The van der Waals surface area contributed by atoms with E-state index in [9.17, 15) is 23.1 Å². The van der Waals surface area contributed by atoms with Gasteiger partial charge in [-0.25, -0.2) is 0 Å². The first-order chi connectivity index (χ1) is 25.3. The molecule has 1 saturated carbocycles. The van der Waals surface area contributed by atoms with Crippen molar-refractivity contribution in [1.29, 1.82) is 0 Å². The Balaban J connectivity index is 1.24. The zero-order valence-corrected chi connectivity index (χ0v) is 32.4. The summed E-state index contributed by atoms with van der Waals surface area (Å²) in [6, 6.07) is 5.73. The Bertz CT molecular complexity index is 2060. The molecule has 2 N–H and O–H groups in total. The Morgan fingerprint density at radius 1 is 1.08 bits per heavy atom. The number of allylic oxidation sites excluding steroid dienone is 5. The summed E-state index contributed by atoms with van der Waals surface area (Å²) in [5.41, 5.74) is 6.06. The van der Waals surface area contributed by atoms with E-state index in [4.69, 9.17) is 9.47 Å². The van der Waals surface area contributed by atoms with E-state index < -0.39 is 16.4 Å². The van der Waals surface area contributed by atoms with E-state index in [0.29, 0.717) is 56.4 Å². The Kier molecular flexibility index (Phi) is 9.20. The Morgan fingerprint density at radius 3 is 2.55 bits per heavy atom. The average Bonchev–Trinajstić information content (AvgIpc) is 3.71. The van der Waals surface area contributed by atoms with Crippen molar-refractivity contribution in [2.75, 3.05) is 54.0 Å². The zero-order valence-electron chi connectivity index (χ0n) is 31.6. The number of ether oxygens (including phenoxy) is 2. The van der Waals surface area contributed by atoms with Crippen molar-refractivity contribution in [2.45, 2.75) is 90.0 Å². The van der Waals surface area contributed by atoms with Gasteiger partial charge in [-0.15, -0.1) is 0 Å². The average molecular weight is 748 g/mol. The molecule has 13 heteroatoms. The lowest BCUT2D eigenvalue weighted by Gasteiger charge is -2.48. The van der Waals surface area contributed by atoms with Crippen molar-refractivity contribution in [3.05, 3.63) is 64.1 Å². The molecule has 4 unspecified atom stereocenters. The first kappa shape index (κ1) is 36.5. The molecule has 6 aliphatic rings. The summed E-state index contributed by atoms with van der Waals surface area (Å²) in [6.07, 6.45) is 10.7. The second-order valence-electron chi connectivity index (χ2n) is 16.4. The minimum atomic E-state index is -3.90. The number of piperidine rings is 1. The van der Waals surface area contributed by atoms with Gasteiger partial charge in [-0.05, 0) is 79.0 Å². The largest absolute Gasteiger partial charge is 0.501 e. The number of rotatable bonds is 7. The van der Waals surface area contributed by atoms with Crippen LogP contribution in [0.4, 0.5) is 0 Å². The molecule has 4 aliphatic heterocycles. The summed E-state index contributed by atoms with van der Waals surface area (Å²) >= 11 is 0.